The minimum absolute atomic E-state index is 0.0464. The van der Waals surface area contributed by atoms with Crippen molar-refractivity contribution in [1.29, 1.82) is 0 Å². The van der Waals surface area contributed by atoms with Gasteiger partial charge in [-0.1, -0.05) is 6.07 Å². The summed E-state index contributed by atoms with van der Waals surface area (Å²) in [4.78, 5) is 25.9. The summed E-state index contributed by atoms with van der Waals surface area (Å²) in [5, 5.41) is 0. The van der Waals surface area contributed by atoms with Crippen LogP contribution in [0.25, 0.3) is 0 Å². The third kappa shape index (κ3) is 3.43. The summed E-state index contributed by atoms with van der Waals surface area (Å²) >= 11 is 0. The Morgan fingerprint density at radius 1 is 1.11 bits per heavy atom. The summed E-state index contributed by atoms with van der Waals surface area (Å²) in [7, 11) is 0. The van der Waals surface area contributed by atoms with Crippen molar-refractivity contribution in [3.8, 4) is 5.75 Å². The molecule has 2 saturated heterocycles. The molecule has 1 aliphatic carbocycles. The van der Waals surface area contributed by atoms with Gasteiger partial charge in [-0.2, -0.15) is 0 Å². The SMILES string of the molecule is O=C([C@@H]1C[C@@H]1c1cccnc1)N1CC[C@H](Oc2cccnc2N2CCCC2)C1. The quantitative estimate of drug-likeness (QED) is 0.801. The number of pyridine rings is 2. The molecule has 5 rings (SSSR count). The van der Waals surface area contributed by atoms with E-state index in [0.29, 0.717) is 12.5 Å². The van der Waals surface area contributed by atoms with Crippen LogP contribution in [0.5, 0.6) is 5.75 Å². The Bertz CT molecular complexity index is 837. The van der Waals surface area contributed by atoms with E-state index in [2.05, 4.69) is 20.9 Å². The zero-order chi connectivity index (χ0) is 18.9. The van der Waals surface area contributed by atoms with E-state index in [9.17, 15) is 4.79 Å². The highest BCUT2D eigenvalue weighted by molar-refractivity contribution is 5.83. The van der Waals surface area contributed by atoms with E-state index >= 15 is 0 Å². The number of anilines is 1. The zero-order valence-corrected chi connectivity index (χ0v) is 16.0. The first-order chi connectivity index (χ1) is 13.8. The van der Waals surface area contributed by atoms with Crippen LogP contribution in [0.2, 0.25) is 0 Å². The zero-order valence-electron chi connectivity index (χ0n) is 16.0. The van der Waals surface area contributed by atoms with Gasteiger partial charge in [0.25, 0.3) is 0 Å². The van der Waals surface area contributed by atoms with Crippen LogP contribution in [0.4, 0.5) is 5.82 Å². The van der Waals surface area contributed by atoms with Crippen LogP contribution in [-0.2, 0) is 4.79 Å². The van der Waals surface area contributed by atoms with E-state index in [4.69, 9.17) is 4.74 Å². The molecule has 0 bridgehead atoms. The van der Waals surface area contributed by atoms with Gasteiger partial charge in [-0.05, 0) is 48.9 Å². The molecule has 0 spiro atoms. The van der Waals surface area contributed by atoms with Crippen LogP contribution in [-0.4, -0.2) is 53.1 Å². The van der Waals surface area contributed by atoms with Crippen molar-refractivity contribution < 1.29 is 9.53 Å². The number of hydrogen-bond donors (Lipinski definition) is 0. The second-order valence-corrected chi connectivity index (χ2v) is 8.07. The van der Waals surface area contributed by atoms with Gasteiger partial charge in [0.05, 0.1) is 6.54 Å². The number of aromatic nitrogens is 2. The Morgan fingerprint density at radius 2 is 1.96 bits per heavy atom. The number of amides is 1. The Hall–Kier alpha value is -2.63. The fourth-order valence-electron chi connectivity index (χ4n) is 4.51. The van der Waals surface area contributed by atoms with Crippen LogP contribution in [0.1, 0.15) is 37.2 Å². The van der Waals surface area contributed by atoms with Gasteiger partial charge in [0, 0.05) is 50.6 Å². The average Bonchev–Trinajstić information content (AvgIpc) is 3.12. The molecular weight excluding hydrogens is 352 g/mol. The standard InChI is InChI=1S/C22H26N4O2/c27-22(19-13-18(19)16-5-3-8-23-14-16)26-12-7-17(15-26)28-20-6-4-9-24-21(20)25-10-1-2-11-25/h3-6,8-9,14,17-19H,1-2,7,10-13,15H2/t17-,18+,19+/m0/s1. The van der Waals surface area contributed by atoms with Gasteiger partial charge in [0.1, 0.15) is 6.10 Å². The van der Waals surface area contributed by atoms with Crippen LogP contribution in [0.15, 0.2) is 42.9 Å². The Kier molecular flexibility index (Phi) is 4.63. The summed E-state index contributed by atoms with van der Waals surface area (Å²) < 4.78 is 6.30. The highest BCUT2D eigenvalue weighted by Gasteiger charge is 2.47. The summed E-state index contributed by atoms with van der Waals surface area (Å²) in [6, 6.07) is 7.95. The molecule has 2 aliphatic heterocycles. The molecule has 6 heteroatoms. The van der Waals surface area contributed by atoms with E-state index < -0.39 is 0 Å². The van der Waals surface area contributed by atoms with Gasteiger partial charge in [0.2, 0.25) is 5.91 Å². The lowest BCUT2D eigenvalue weighted by molar-refractivity contribution is -0.131. The molecule has 146 valence electrons. The maximum Gasteiger partial charge on any atom is 0.226 e. The Morgan fingerprint density at radius 3 is 2.79 bits per heavy atom. The molecule has 2 aromatic heterocycles. The van der Waals surface area contributed by atoms with Crippen LogP contribution < -0.4 is 9.64 Å². The van der Waals surface area contributed by atoms with E-state index in [0.717, 1.165) is 44.0 Å². The number of carbonyl (C=O) groups excluding carboxylic acids is 1. The number of likely N-dealkylation sites (tertiary alicyclic amines) is 1. The van der Waals surface area contributed by atoms with Gasteiger partial charge < -0.3 is 14.5 Å². The summed E-state index contributed by atoms with van der Waals surface area (Å²) in [5.41, 5.74) is 1.18. The molecule has 1 saturated carbocycles. The molecule has 0 radical (unpaired) electrons. The molecule has 4 heterocycles. The molecule has 1 amide bonds. The molecule has 3 aliphatic rings. The monoisotopic (exact) mass is 378 g/mol. The number of hydrogen-bond acceptors (Lipinski definition) is 5. The predicted octanol–water partition coefficient (Wildman–Crippen LogP) is 2.86. The lowest BCUT2D eigenvalue weighted by atomic mass is 10.1. The second kappa shape index (κ2) is 7.41. The van der Waals surface area contributed by atoms with Gasteiger partial charge >= 0.3 is 0 Å². The highest BCUT2D eigenvalue weighted by atomic mass is 16.5. The van der Waals surface area contributed by atoms with Crippen LogP contribution in [0.3, 0.4) is 0 Å². The average molecular weight is 378 g/mol. The molecule has 28 heavy (non-hydrogen) atoms. The Labute approximate surface area is 165 Å². The van der Waals surface area contributed by atoms with Gasteiger partial charge in [-0.25, -0.2) is 4.98 Å². The summed E-state index contributed by atoms with van der Waals surface area (Å²) in [5.74, 6) is 2.51. The highest BCUT2D eigenvalue weighted by Crippen LogP contribution is 2.48. The van der Waals surface area contributed by atoms with E-state index in [1.54, 1.807) is 6.20 Å². The molecule has 0 unspecified atom stereocenters. The summed E-state index contributed by atoms with van der Waals surface area (Å²) in [6.45, 7) is 3.53. The smallest absolute Gasteiger partial charge is 0.226 e. The van der Waals surface area contributed by atoms with Gasteiger partial charge in [-0.3, -0.25) is 9.78 Å². The number of carbonyl (C=O) groups is 1. The second-order valence-electron chi connectivity index (χ2n) is 8.07. The van der Waals surface area contributed by atoms with Crippen LogP contribution >= 0.6 is 0 Å². The Balaban J connectivity index is 1.20. The molecule has 3 fully saturated rings. The largest absolute Gasteiger partial charge is 0.485 e. The number of rotatable bonds is 5. The van der Waals surface area contributed by atoms with Gasteiger partial charge in [0.15, 0.2) is 11.6 Å². The molecular formula is C22H26N4O2. The van der Waals surface area contributed by atoms with Crippen molar-refractivity contribution in [2.75, 3.05) is 31.1 Å². The molecule has 0 N–H and O–H groups in total. The summed E-state index contributed by atoms with van der Waals surface area (Å²) in [6.07, 6.45) is 9.78. The molecule has 2 aromatic rings. The van der Waals surface area contributed by atoms with Crippen molar-refractivity contribution >= 4 is 11.7 Å². The number of nitrogens with zero attached hydrogens (tertiary/aromatic N) is 4. The minimum Gasteiger partial charge on any atom is -0.485 e. The fraction of sp³-hybridized carbons (Fsp3) is 0.500. The van der Waals surface area contributed by atoms with E-state index in [-0.39, 0.29) is 17.9 Å². The maximum atomic E-state index is 12.9. The van der Waals surface area contributed by atoms with Crippen molar-refractivity contribution in [2.24, 2.45) is 5.92 Å². The maximum absolute atomic E-state index is 12.9. The third-order valence-corrected chi connectivity index (χ3v) is 6.13. The molecule has 6 nitrogen and oxygen atoms in total. The lowest BCUT2D eigenvalue weighted by Crippen LogP contribution is -2.32. The molecule has 3 atom stereocenters. The van der Waals surface area contributed by atoms with Gasteiger partial charge in [-0.15, -0.1) is 0 Å². The van der Waals surface area contributed by atoms with E-state index in [1.807, 2.05) is 35.5 Å². The number of ether oxygens (including phenoxy) is 1. The van der Waals surface area contributed by atoms with Crippen molar-refractivity contribution in [3.05, 3.63) is 48.4 Å². The predicted molar refractivity (Wildman–Crippen MR) is 106 cm³/mol. The normalized spacial score (nSPS) is 26.5. The fourth-order valence-corrected chi connectivity index (χ4v) is 4.51. The van der Waals surface area contributed by atoms with Crippen LogP contribution in [0, 0.1) is 5.92 Å². The topological polar surface area (TPSA) is 58.6 Å². The van der Waals surface area contributed by atoms with Crippen molar-refractivity contribution in [3.63, 3.8) is 0 Å². The first-order valence-corrected chi connectivity index (χ1v) is 10.3. The molecule has 0 aromatic carbocycles. The first-order valence-electron chi connectivity index (χ1n) is 10.3. The first kappa shape index (κ1) is 17.5. The van der Waals surface area contributed by atoms with Crippen molar-refractivity contribution in [2.45, 2.75) is 37.7 Å². The minimum atomic E-state index is 0.0464. The van der Waals surface area contributed by atoms with Crippen molar-refractivity contribution in [1.82, 2.24) is 14.9 Å². The lowest BCUT2D eigenvalue weighted by Gasteiger charge is -2.22. The van der Waals surface area contributed by atoms with E-state index in [1.165, 1.54) is 18.4 Å². The third-order valence-electron chi connectivity index (χ3n) is 6.13.